The van der Waals surface area contributed by atoms with Gasteiger partial charge in [0.25, 0.3) is 5.91 Å². The summed E-state index contributed by atoms with van der Waals surface area (Å²) in [7, 11) is 0. The van der Waals surface area contributed by atoms with E-state index in [0.717, 1.165) is 18.7 Å². The number of hydrogen-bond donors (Lipinski definition) is 2. The SMILES string of the molecule is Cc1ccc(NC(=O)C[NH+]2CCOCC2)c(F)c1. The Kier molecular flexibility index (Phi) is 4.28. The number of aryl methyl sites for hydroxylation is 1. The van der Waals surface area contributed by atoms with E-state index in [1.54, 1.807) is 12.1 Å². The summed E-state index contributed by atoms with van der Waals surface area (Å²) in [4.78, 5) is 13.0. The van der Waals surface area contributed by atoms with E-state index >= 15 is 0 Å². The van der Waals surface area contributed by atoms with Crippen LogP contribution in [0.2, 0.25) is 0 Å². The summed E-state index contributed by atoms with van der Waals surface area (Å²) < 4.78 is 18.8. The van der Waals surface area contributed by atoms with Crippen molar-refractivity contribution in [2.45, 2.75) is 6.92 Å². The van der Waals surface area contributed by atoms with Gasteiger partial charge in [-0.3, -0.25) is 4.79 Å². The minimum absolute atomic E-state index is 0.158. The Hall–Kier alpha value is -1.46. The summed E-state index contributed by atoms with van der Waals surface area (Å²) in [5.74, 6) is -0.546. The van der Waals surface area contributed by atoms with Gasteiger partial charge in [0.15, 0.2) is 6.54 Å². The van der Waals surface area contributed by atoms with Crippen LogP contribution >= 0.6 is 0 Å². The molecule has 98 valence electrons. The van der Waals surface area contributed by atoms with Gasteiger partial charge in [0.05, 0.1) is 18.9 Å². The Labute approximate surface area is 106 Å². The normalized spacial score (nSPS) is 16.6. The van der Waals surface area contributed by atoms with Gasteiger partial charge in [0.1, 0.15) is 18.9 Å². The number of nitrogens with one attached hydrogen (secondary N) is 2. The van der Waals surface area contributed by atoms with E-state index in [9.17, 15) is 9.18 Å². The Morgan fingerprint density at radius 3 is 2.83 bits per heavy atom. The van der Waals surface area contributed by atoms with Crippen LogP contribution < -0.4 is 10.2 Å². The van der Waals surface area contributed by atoms with Crippen molar-refractivity contribution in [2.75, 3.05) is 38.2 Å². The topological polar surface area (TPSA) is 42.8 Å². The van der Waals surface area contributed by atoms with Crippen LogP contribution in [0, 0.1) is 12.7 Å². The van der Waals surface area contributed by atoms with Gasteiger partial charge in [-0.1, -0.05) is 6.07 Å². The van der Waals surface area contributed by atoms with Crippen LogP contribution in [0.5, 0.6) is 0 Å². The summed E-state index contributed by atoms with van der Waals surface area (Å²) in [6.45, 7) is 5.18. The first-order valence-corrected chi connectivity index (χ1v) is 6.12. The van der Waals surface area contributed by atoms with Crippen LogP contribution in [0.15, 0.2) is 18.2 Å². The number of morpholine rings is 1. The fourth-order valence-electron chi connectivity index (χ4n) is 1.98. The molecule has 18 heavy (non-hydrogen) atoms. The molecular formula is C13H18FN2O2+. The molecule has 0 atom stereocenters. The largest absolute Gasteiger partial charge is 0.370 e. The number of benzene rings is 1. The summed E-state index contributed by atoms with van der Waals surface area (Å²) in [5, 5.41) is 2.61. The number of hydrogen-bond acceptors (Lipinski definition) is 2. The van der Waals surface area contributed by atoms with Crippen LogP contribution in [0.1, 0.15) is 5.56 Å². The Bertz CT molecular complexity index is 431. The van der Waals surface area contributed by atoms with Crippen molar-refractivity contribution in [1.82, 2.24) is 0 Å². The molecule has 1 heterocycles. The van der Waals surface area contributed by atoms with Crippen LogP contribution in [-0.2, 0) is 9.53 Å². The molecule has 0 saturated carbocycles. The predicted molar refractivity (Wildman–Crippen MR) is 66.1 cm³/mol. The maximum absolute atomic E-state index is 13.5. The first-order valence-electron chi connectivity index (χ1n) is 6.12. The number of ether oxygens (including phenoxy) is 1. The third-order valence-electron chi connectivity index (χ3n) is 3.01. The molecule has 2 rings (SSSR count). The van der Waals surface area contributed by atoms with E-state index in [1.807, 2.05) is 6.92 Å². The van der Waals surface area contributed by atoms with Crippen LogP contribution in [0.25, 0.3) is 0 Å². The molecule has 1 aliphatic rings. The third-order valence-corrected chi connectivity index (χ3v) is 3.01. The quantitative estimate of drug-likeness (QED) is 0.795. The Balaban J connectivity index is 1.90. The molecule has 1 aliphatic heterocycles. The minimum Gasteiger partial charge on any atom is -0.370 e. The van der Waals surface area contributed by atoms with Crippen LogP contribution in [-0.4, -0.2) is 38.8 Å². The highest BCUT2D eigenvalue weighted by atomic mass is 19.1. The molecule has 1 aromatic rings. The standard InChI is InChI=1S/C13H17FN2O2/c1-10-2-3-12(11(14)8-10)15-13(17)9-16-4-6-18-7-5-16/h2-3,8H,4-7,9H2,1H3,(H,15,17)/p+1. The van der Waals surface area contributed by atoms with E-state index in [0.29, 0.717) is 19.8 Å². The van der Waals surface area contributed by atoms with Crippen molar-refractivity contribution >= 4 is 11.6 Å². The average Bonchev–Trinajstić information content (AvgIpc) is 2.34. The highest BCUT2D eigenvalue weighted by Gasteiger charge is 2.18. The third kappa shape index (κ3) is 3.51. The van der Waals surface area contributed by atoms with Crippen LogP contribution in [0.3, 0.4) is 0 Å². The molecular weight excluding hydrogens is 235 g/mol. The molecule has 0 aromatic heterocycles. The number of carbonyl (C=O) groups excluding carboxylic acids is 1. The van der Waals surface area contributed by atoms with Gasteiger partial charge in [-0.25, -0.2) is 4.39 Å². The second kappa shape index (κ2) is 5.93. The Morgan fingerprint density at radius 2 is 2.17 bits per heavy atom. The van der Waals surface area contributed by atoms with E-state index in [2.05, 4.69) is 5.32 Å². The maximum atomic E-state index is 13.5. The number of halogens is 1. The second-order valence-corrected chi connectivity index (χ2v) is 4.57. The van der Waals surface area contributed by atoms with Gasteiger partial charge in [-0.2, -0.15) is 0 Å². The lowest BCUT2D eigenvalue weighted by Crippen LogP contribution is -3.15. The van der Waals surface area contributed by atoms with Crippen molar-refractivity contribution in [3.63, 3.8) is 0 Å². The zero-order valence-electron chi connectivity index (χ0n) is 10.5. The minimum atomic E-state index is -0.389. The molecule has 0 aliphatic carbocycles. The van der Waals surface area contributed by atoms with Crippen molar-refractivity contribution in [3.05, 3.63) is 29.6 Å². The van der Waals surface area contributed by atoms with E-state index < -0.39 is 0 Å². The monoisotopic (exact) mass is 253 g/mol. The lowest BCUT2D eigenvalue weighted by Gasteiger charge is -2.23. The Morgan fingerprint density at radius 1 is 1.44 bits per heavy atom. The molecule has 1 saturated heterocycles. The molecule has 0 unspecified atom stereocenters. The maximum Gasteiger partial charge on any atom is 0.279 e. The fourth-order valence-corrected chi connectivity index (χ4v) is 1.98. The highest BCUT2D eigenvalue weighted by molar-refractivity contribution is 5.91. The molecule has 1 aromatic carbocycles. The van der Waals surface area contributed by atoms with Gasteiger partial charge in [-0.05, 0) is 24.6 Å². The van der Waals surface area contributed by atoms with Gasteiger partial charge in [0.2, 0.25) is 0 Å². The van der Waals surface area contributed by atoms with Crippen molar-refractivity contribution < 1.29 is 18.8 Å². The van der Waals surface area contributed by atoms with Crippen LogP contribution in [0.4, 0.5) is 10.1 Å². The van der Waals surface area contributed by atoms with E-state index in [-0.39, 0.29) is 17.4 Å². The second-order valence-electron chi connectivity index (χ2n) is 4.57. The fraction of sp³-hybridized carbons (Fsp3) is 0.462. The highest BCUT2D eigenvalue weighted by Crippen LogP contribution is 2.14. The smallest absolute Gasteiger partial charge is 0.279 e. The summed E-state index contributed by atoms with van der Waals surface area (Å²) in [6, 6.07) is 4.79. The number of anilines is 1. The molecule has 0 spiro atoms. The van der Waals surface area contributed by atoms with Gasteiger partial charge < -0.3 is 15.0 Å². The number of amides is 1. The predicted octanol–water partition coefficient (Wildman–Crippen LogP) is -0.0123. The van der Waals surface area contributed by atoms with E-state index in [1.165, 1.54) is 11.0 Å². The summed E-state index contributed by atoms with van der Waals surface area (Å²) in [5.41, 5.74) is 1.09. The van der Waals surface area contributed by atoms with Gasteiger partial charge >= 0.3 is 0 Å². The number of quaternary nitrogens is 1. The number of rotatable bonds is 3. The zero-order valence-corrected chi connectivity index (χ0v) is 10.5. The molecule has 1 amide bonds. The van der Waals surface area contributed by atoms with Crippen molar-refractivity contribution in [1.29, 1.82) is 0 Å². The molecule has 0 bridgehead atoms. The molecule has 4 nitrogen and oxygen atoms in total. The van der Waals surface area contributed by atoms with Gasteiger partial charge in [-0.15, -0.1) is 0 Å². The van der Waals surface area contributed by atoms with Crippen molar-refractivity contribution in [3.8, 4) is 0 Å². The lowest BCUT2D eigenvalue weighted by molar-refractivity contribution is -0.899. The first kappa shape index (κ1) is 13.0. The van der Waals surface area contributed by atoms with E-state index in [4.69, 9.17) is 4.74 Å². The molecule has 0 radical (unpaired) electrons. The summed E-state index contributed by atoms with van der Waals surface area (Å²) >= 11 is 0. The summed E-state index contributed by atoms with van der Waals surface area (Å²) in [6.07, 6.45) is 0. The zero-order chi connectivity index (χ0) is 13.0. The van der Waals surface area contributed by atoms with Gasteiger partial charge in [0, 0.05) is 0 Å². The molecule has 2 N–H and O–H groups in total. The first-order chi connectivity index (χ1) is 8.65. The number of carbonyl (C=O) groups is 1. The average molecular weight is 253 g/mol. The molecule has 1 fully saturated rings. The van der Waals surface area contributed by atoms with Crippen molar-refractivity contribution in [2.24, 2.45) is 0 Å². The molecule has 5 heteroatoms. The lowest BCUT2D eigenvalue weighted by atomic mass is 10.2.